The molecule has 0 radical (unpaired) electrons. The summed E-state index contributed by atoms with van der Waals surface area (Å²) in [6.45, 7) is 11.7. The lowest BCUT2D eigenvalue weighted by atomic mass is 10.00. The van der Waals surface area contributed by atoms with Crippen molar-refractivity contribution in [2.45, 2.75) is 65.6 Å². The Morgan fingerprint density at radius 3 is 2.50 bits per heavy atom. The van der Waals surface area contributed by atoms with Crippen molar-refractivity contribution in [2.24, 2.45) is 5.92 Å². The van der Waals surface area contributed by atoms with Crippen LogP contribution in [0.4, 0.5) is 0 Å². The molecule has 1 saturated heterocycles. The van der Waals surface area contributed by atoms with Gasteiger partial charge in [-0.2, -0.15) is 0 Å². The van der Waals surface area contributed by atoms with Crippen molar-refractivity contribution in [3.63, 3.8) is 0 Å². The van der Waals surface area contributed by atoms with Crippen LogP contribution in [0.2, 0.25) is 0 Å². The van der Waals surface area contributed by atoms with Gasteiger partial charge >= 0.3 is 0 Å². The van der Waals surface area contributed by atoms with Crippen molar-refractivity contribution >= 4 is 5.91 Å². The van der Waals surface area contributed by atoms with Gasteiger partial charge in [0.2, 0.25) is 5.91 Å². The van der Waals surface area contributed by atoms with E-state index in [1.54, 1.807) is 0 Å². The Labute approximate surface area is 99.6 Å². The van der Waals surface area contributed by atoms with E-state index in [9.17, 15) is 4.79 Å². The molecule has 3 atom stereocenters. The van der Waals surface area contributed by atoms with Crippen LogP contribution in [-0.2, 0) is 4.79 Å². The number of hydrogen-bond acceptors (Lipinski definition) is 2. The second-order valence-electron chi connectivity index (χ2n) is 5.32. The van der Waals surface area contributed by atoms with E-state index < -0.39 is 0 Å². The van der Waals surface area contributed by atoms with E-state index in [0.29, 0.717) is 23.9 Å². The first-order chi connectivity index (χ1) is 7.47. The molecule has 1 amide bonds. The number of carbonyl (C=O) groups excluding carboxylic acids is 1. The lowest BCUT2D eigenvalue weighted by Crippen LogP contribution is -2.45. The molecule has 0 bridgehead atoms. The van der Waals surface area contributed by atoms with Gasteiger partial charge in [-0.05, 0) is 19.3 Å². The summed E-state index contributed by atoms with van der Waals surface area (Å²) in [5, 5.41) is 3.34. The summed E-state index contributed by atoms with van der Waals surface area (Å²) in [5.41, 5.74) is 0. The number of carbonyl (C=O) groups is 1. The Balaban J connectivity index is 2.56. The zero-order valence-electron chi connectivity index (χ0n) is 11.3. The van der Waals surface area contributed by atoms with Crippen LogP contribution in [0.5, 0.6) is 0 Å². The summed E-state index contributed by atoms with van der Waals surface area (Å²) in [6.07, 6.45) is 2.09. The largest absolute Gasteiger partial charge is 0.338 e. The minimum absolute atomic E-state index is 0.0477. The molecular formula is C13H26N2O. The van der Waals surface area contributed by atoms with Crippen molar-refractivity contribution in [3.05, 3.63) is 0 Å². The molecule has 0 spiro atoms. The summed E-state index contributed by atoms with van der Waals surface area (Å²) in [5.74, 6) is 0.878. The highest BCUT2D eigenvalue weighted by Gasteiger charge is 2.35. The Hall–Kier alpha value is -0.570. The number of hydrogen-bond donors (Lipinski definition) is 1. The van der Waals surface area contributed by atoms with Crippen LogP contribution in [0.25, 0.3) is 0 Å². The van der Waals surface area contributed by atoms with Gasteiger partial charge in [0.15, 0.2) is 0 Å². The number of rotatable bonds is 5. The SMILES string of the molecule is CCC(C)C(C)N1CCC(NC(C)C)C1=O. The molecule has 1 aliphatic heterocycles. The summed E-state index contributed by atoms with van der Waals surface area (Å²) in [6, 6.07) is 0.802. The molecule has 1 rings (SSSR count). The molecule has 3 unspecified atom stereocenters. The Bertz CT molecular complexity index is 240. The molecule has 1 heterocycles. The highest BCUT2D eigenvalue weighted by Crippen LogP contribution is 2.21. The first-order valence-corrected chi connectivity index (χ1v) is 6.53. The lowest BCUT2D eigenvalue weighted by molar-refractivity contribution is -0.132. The maximum atomic E-state index is 12.2. The average molecular weight is 226 g/mol. The third-order valence-electron chi connectivity index (χ3n) is 3.73. The van der Waals surface area contributed by atoms with E-state index in [2.05, 4.69) is 39.9 Å². The van der Waals surface area contributed by atoms with Crippen molar-refractivity contribution < 1.29 is 4.79 Å². The first-order valence-electron chi connectivity index (χ1n) is 6.53. The highest BCUT2D eigenvalue weighted by atomic mass is 16.2. The smallest absolute Gasteiger partial charge is 0.240 e. The molecule has 1 aliphatic rings. The standard InChI is InChI=1S/C13H26N2O/c1-6-10(4)11(5)15-8-7-12(13(15)16)14-9(2)3/h9-12,14H,6-8H2,1-5H3. The minimum Gasteiger partial charge on any atom is -0.338 e. The van der Waals surface area contributed by atoms with Gasteiger partial charge in [0, 0.05) is 18.6 Å². The molecule has 1 N–H and O–H groups in total. The van der Waals surface area contributed by atoms with Gasteiger partial charge < -0.3 is 10.2 Å². The van der Waals surface area contributed by atoms with Crippen molar-refractivity contribution in [1.29, 1.82) is 0 Å². The normalized spacial score (nSPS) is 25.2. The zero-order valence-corrected chi connectivity index (χ0v) is 11.3. The summed E-state index contributed by atoms with van der Waals surface area (Å²) >= 11 is 0. The number of amides is 1. The second kappa shape index (κ2) is 5.67. The number of nitrogens with one attached hydrogen (secondary N) is 1. The third kappa shape index (κ3) is 2.97. The quantitative estimate of drug-likeness (QED) is 0.778. The van der Waals surface area contributed by atoms with Gasteiger partial charge in [0.05, 0.1) is 6.04 Å². The molecule has 1 fully saturated rings. The predicted octanol–water partition coefficient (Wildman–Crippen LogP) is 2.02. The molecular weight excluding hydrogens is 200 g/mol. The summed E-state index contributed by atoms with van der Waals surface area (Å²) < 4.78 is 0. The number of nitrogens with zero attached hydrogens (tertiary/aromatic N) is 1. The zero-order chi connectivity index (χ0) is 12.3. The van der Waals surface area contributed by atoms with E-state index in [-0.39, 0.29) is 6.04 Å². The third-order valence-corrected chi connectivity index (χ3v) is 3.73. The maximum absolute atomic E-state index is 12.2. The van der Waals surface area contributed by atoms with Crippen LogP contribution in [-0.4, -0.2) is 35.5 Å². The predicted molar refractivity (Wildman–Crippen MR) is 67.3 cm³/mol. The number of likely N-dealkylation sites (tertiary alicyclic amines) is 1. The fourth-order valence-corrected chi connectivity index (χ4v) is 2.31. The Morgan fingerprint density at radius 2 is 2.00 bits per heavy atom. The topological polar surface area (TPSA) is 32.3 Å². The van der Waals surface area contributed by atoms with Gasteiger partial charge in [0.1, 0.15) is 0 Å². The molecule has 3 nitrogen and oxygen atoms in total. The Kier molecular flexibility index (Phi) is 4.78. The molecule has 94 valence electrons. The van der Waals surface area contributed by atoms with Gasteiger partial charge in [0.25, 0.3) is 0 Å². The minimum atomic E-state index is 0.0477. The molecule has 0 aliphatic carbocycles. The van der Waals surface area contributed by atoms with Crippen LogP contribution in [0, 0.1) is 5.92 Å². The van der Waals surface area contributed by atoms with Crippen LogP contribution < -0.4 is 5.32 Å². The molecule has 16 heavy (non-hydrogen) atoms. The van der Waals surface area contributed by atoms with Crippen molar-refractivity contribution in [3.8, 4) is 0 Å². The molecule has 0 saturated carbocycles. The van der Waals surface area contributed by atoms with Crippen molar-refractivity contribution in [1.82, 2.24) is 10.2 Å². The van der Waals surface area contributed by atoms with E-state index in [1.165, 1.54) is 0 Å². The van der Waals surface area contributed by atoms with Crippen LogP contribution >= 0.6 is 0 Å². The van der Waals surface area contributed by atoms with E-state index >= 15 is 0 Å². The lowest BCUT2D eigenvalue weighted by Gasteiger charge is -2.29. The molecule has 0 aromatic heterocycles. The van der Waals surface area contributed by atoms with Gasteiger partial charge in [-0.3, -0.25) is 4.79 Å². The monoisotopic (exact) mass is 226 g/mol. The molecule has 3 heteroatoms. The fraction of sp³-hybridized carbons (Fsp3) is 0.923. The maximum Gasteiger partial charge on any atom is 0.240 e. The van der Waals surface area contributed by atoms with E-state index in [4.69, 9.17) is 0 Å². The van der Waals surface area contributed by atoms with Crippen LogP contribution in [0.1, 0.15) is 47.5 Å². The summed E-state index contributed by atoms with van der Waals surface area (Å²) in [7, 11) is 0. The van der Waals surface area contributed by atoms with Crippen LogP contribution in [0.15, 0.2) is 0 Å². The van der Waals surface area contributed by atoms with Gasteiger partial charge in [-0.1, -0.05) is 34.1 Å². The van der Waals surface area contributed by atoms with E-state index in [1.807, 2.05) is 4.90 Å². The molecule has 0 aromatic rings. The first kappa shape index (κ1) is 13.5. The van der Waals surface area contributed by atoms with E-state index in [0.717, 1.165) is 19.4 Å². The highest BCUT2D eigenvalue weighted by molar-refractivity contribution is 5.84. The fourth-order valence-electron chi connectivity index (χ4n) is 2.31. The van der Waals surface area contributed by atoms with Gasteiger partial charge in [-0.25, -0.2) is 0 Å². The average Bonchev–Trinajstić information content (AvgIpc) is 2.58. The summed E-state index contributed by atoms with van der Waals surface area (Å²) in [4.78, 5) is 14.2. The Morgan fingerprint density at radius 1 is 1.38 bits per heavy atom. The second-order valence-corrected chi connectivity index (χ2v) is 5.32. The van der Waals surface area contributed by atoms with Gasteiger partial charge in [-0.15, -0.1) is 0 Å². The molecule has 0 aromatic carbocycles. The van der Waals surface area contributed by atoms with Crippen molar-refractivity contribution in [2.75, 3.05) is 6.54 Å². The van der Waals surface area contributed by atoms with Crippen LogP contribution in [0.3, 0.4) is 0 Å².